The fourth-order valence-corrected chi connectivity index (χ4v) is 2.29. The van der Waals surface area contributed by atoms with Crippen LogP contribution in [0.2, 0.25) is 0 Å². The molecule has 104 valence electrons. The van der Waals surface area contributed by atoms with Crippen LogP contribution in [0.4, 0.5) is 0 Å². The van der Waals surface area contributed by atoms with Crippen molar-refractivity contribution >= 4 is 32.9 Å². The lowest BCUT2D eigenvalue weighted by Crippen LogP contribution is -2.22. The fraction of sp³-hybridized carbons (Fsp3) is 0.300. The average Bonchev–Trinajstić information content (AvgIpc) is 2.34. The number of oxime groups is 1. The zero-order chi connectivity index (χ0) is 14.6. The molecule has 7 nitrogen and oxygen atoms in total. The number of rotatable bonds is 5. The quantitative estimate of drug-likeness (QED) is 0.334. The minimum Gasteiger partial charge on any atom is -0.394 e. The second-order valence-corrected chi connectivity index (χ2v) is 6.00. The number of thiocarbonyl (C=S) groups is 1. The van der Waals surface area contributed by atoms with Gasteiger partial charge in [-0.3, -0.25) is 0 Å². The SMILES string of the molecule is CCO/N=C(\N)c1ccc(S(C)(=O)=O)c(C(N)=S)n1. The van der Waals surface area contributed by atoms with Gasteiger partial charge in [-0.15, -0.1) is 0 Å². The van der Waals surface area contributed by atoms with Crippen molar-refractivity contribution in [2.45, 2.75) is 11.8 Å². The van der Waals surface area contributed by atoms with Crippen molar-refractivity contribution in [3.05, 3.63) is 23.5 Å². The molecule has 0 radical (unpaired) electrons. The molecule has 1 aromatic rings. The first-order valence-corrected chi connectivity index (χ1v) is 7.54. The first kappa shape index (κ1) is 15.3. The van der Waals surface area contributed by atoms with Crippen LogP contribution in [0.15, 0.2) is 22.2 Å². The number of pyridine rings is 1. The lowest BCUT2D eigenvalue weighted by atomic mass is 10.3. The van der Waals surface area contributed by atoms with Crippen LogP contribution in [-0.4, -0.2) is 37.1 Å². The van der Waals surface area contributed by atoms with E-state index in [1.165, 1.54) is 12.1 Å². The molecule has 19 heavy (non-hydrogen) atoms. The maximum absolute atomic E-state index is 11.6. The Hall–Kier alpha value is -1.74. The topological polar surface area (TPSA) is 121 Å². The van der Waals surface area contributed by atoms with Crippen LogP contribution in [0.1, 0.15) is 18.3 Å². The molecule has 0 atom stereocenters. The number of hydrogen-bond donors (Lipinski definition) is 2. The second kappa shape index (κ2) is 5.93. The summed E-state index contributed by atoms with van der Waals surface area (Å²) in [5.74, 6) is 0.0133. The van der Waals surface area contributed by atoms with Crippen molar-refractivity contribution in [2.75, 3.05) is 12.9 Å². The Labute approximate surface area is 116 Å². The van der Waals surface area contributed by atoms with Gasteiger partial charge in [-0.1, -0.05) is 17.4 Å². The number of nitrogens with zero attached hydrogens (tertiary/aromatic N) is 2. The van der Waals surface area contributed by atoms with E-state index >= 15 is 0 Å². The Balaban J connectivity index is 3.36. The number of hydrogen-bond acceptors (Lipinski definition) is 6. The molecule has 0 aliphatic rings. The van der Waals surface area contributed by atoms with Crippen LogP contribution < -0.4 is 11.5 Å². The van der Waals surface area contributed by atoms with Crippen molar-refractivity contribution in [1.82, 2.24) is 4.98 Å². The van der Waals surface area contributed by atoms with E-state index in [-0.39, 0.29) is 27.1 Å². The van der Waals surface area contributed by atoms with Crippen LogP contribution in [0.5, 0.6) is 0 Å². The van der Waals surface area contributed by atoms with Crippen molar-refractivity contribution in [3.8, 4) is 0 Å². The van der Waals surface area contributed by atoms with E-state index in [4.69, 9.17) is 28.5 Å². The van der Waals surface area contributed by atoms with E-state index in [9.17, 15) is 8.42 Å². The van der Waals surface area contributed by atoms with Gasteiger partial charge in [0.15, 0.2) is 15.7 Å². The minimum absolute atomic E-state index is 0.00958. The monoisotopic (exact) mass is 302 g/mol. The first-order chi connectivity index (χ1) is 8.77. The standard InChI is InChI=1S/C10H14N4O3S2/c1-3-17-14-9(11)6-4-5-7(19(2,15)16)8(13-6)10(12)18/h4-5H,3H2,1-2H3,(H2,11,14)(H2,12,18). The highest BCUT2D eigenvalue weighted by molar-refractivity contribution is 7.91. The van der Waals surface area contributed by atoms with Gasteiger partial charge in [0.25, 0.3) is 0 Å². The molecule has 1 aromatic heterocycles. The summed E-state index contributed by atoms with van der Waals surface area (Å²) in [4.78, 5) is 8.62. The van der Waals surface area contributed by atoms with E-state index in [0.717, 1.165) is 6.26 Å². The van der Waals surface area contributed by atoms with Gasteiger partial charge < -0.3 is 16.3 Å². The van der Waals surface area contributed by atoms with E-state index < -0.39 is 9.84 Å². The molecule has 0 bridgehead atoms. The third kappa shape index (κ3) is 3.86. The second-order valence-electron chi connectivity index (χ2n) is 3.57. The van der Waals surface area contributed by atoms with E-state index in [0.29, 0.717) is 6.61 Å². The predicted octanol–water partition coefficient (Wildman–Crippen LogP) is -0.224. The van der Waals surface area contributed by atoms with Gasteiger partial charge in [0, 0.05) is 6.26 Å². The van der Waals surface area contributed by atoms with Gasteiger partial charge in [-0.2, -0.15) is 0 Å². The Bertz CT molecular complexity index is 626. The average molecular weight is 302 g/mol. The Morgan fingerprint density at radius 3 is 2.58 bits per heavy atom. The third-order valence-electron chi connectivity index (χ3n) is 2.05. The summed E-state index contributed by atoms with van der Waals surface area (Å²) < 4.78 is 23.1. The smallest absolute Gasteiger partial charge is 0.188 e. The summed E-state index contributed by atoms with van der Waals surface area (Å²) in [5.41, 5.74) is 11.3. The zero-order valence-electron chi connectivity index (χ0n) is 10.5. The van der Waals surface area contributed by atoms with Gasteiger partial charge in [-0.05, 0) is 19.1 Å². The predicted molar refractivity (Wildman–Crippen MR) is 75.6 cm³/mol. The number of nitrogens with two attached hydrogens (primary N) is 2. The van der Waals surface area contributed by atoms with Crippen molar-refractivity contribution in [3.63, 3.8) is 0 Å². The molecular weight excluding hydrogens is 288 g/mol. The molecule has 0 saturated carbocycles. The summed E-state index contributed by atoms with van der Waals surface area (Å²) in [6.07, 6.45) is 1.04. The van der Waals surface area contributed by atoms with Gasteiger partial charge in [-0.25, -0.2) is 13.4 Å². The molecule has 0 fully saturated rings. The first-order valence-electron chi connectivity index (χ1n) is 5.24. The molecule has 0 aliphatic carbocycles. The summed E-state index contributed by atoms with van der Waals surface area (Å²) >= 11 is 4.79. The van der Waals surface area contributed by atoms with Crippen LogP contribution in [-0.2, 0) is 14.7 Å². The normalized spacial score (nSPS) is 12.2. The molecule has 0 aliphatic heterocycles. The van der Waals surface area contributed by atoms with Crippen LogP contribution >= 0.6 is 12.2 Å². The zero-order valence-corrected chi connectivity index (χ0v) is 12.1. The van der Waals surface area contributed by atoms with E-state index in [1.54, 1.807) is 6.92 Å². The molecule has 1 rings (SSSR count). The molecular formula is C10H14N4O3S2. The van der Waals surface area contributed by atoms with Gasteiger partial charge in [0.05, 0.1) is 4.90 Å². The maximum atomic E-state index is 11.6. The Morgan fingerprint density at radius 1 is 1.47 bits per heavy atom. The van der Waals surface area contributed by atoms with Crippen molar-refractivity contribution in [1.29, 1.82) is 0 Å². The summed E-state index contributed by atoms with van der Waals surface area (Å²) in [6, 6.07) is 2.75. The van der Waals surface area contributed by atoms with Crippen LogP contribution in [0.3, 0.4) is 0 Å². The van der Waals surface area contributed by atoms with Gasteiger partial charge in [0.1, 0.15) is 23.0 Å². The highest BCUT2D eigenvalue weighted by atomic mass is 32.2. The Kier molecular flexibility index (Phi) is 4.78. The molecule has 4 N–H and O–H groups in total. The summed E-state index contributed by atoms with van der Waals surface area (Å²) in [6.45, 7) is 2.10. The number of sulfone groups is 1. The van der Waals surface area contributed by atoms with Gasteiger partial charge in [0.2, 0.25) is 0 Å². The molecule has 9 heteroatoms. The fourth-order valence-electron chi connectivity index (χ4n) is 1.25. The number of amidine groups is 1. The minimum atomic E-state index is -3.48. The lowest BCUT2D eigenvalue weighted by molar-refractivity contribution is 0.158. The summed E-state index contributed by atoms with van der Waals surface area (Å²) in [7, 11) is -3.48. The molecule has 0 saturated heterocycles. The molecule has 0 aromatic carbocycles. The van der Waals surface area contributed by atoms with Crippen molar-refractivity contribution in [2.24, 2.45) is 16.6 Å². The van der Waals surface area contributed by atoms with E-state index in [2.05, 4.69) is 10.1 Å². The van der Waals surface area contributed by atoms with Crippen LogP contribution in [0, 0.1) is 0 Å². The maximum Gasteiger partial charge on any atom is 0.188 e. The molecule has 0 spiro atoms. The highest BCUT2D eigenvalue weighted by Crippen LogP contribution is 2.14. The largest absolute Gasteiger partial charge is 0.394 e. The highest BCUT2D eigenvalue weighted by Gasteiger charge is 2.18. The van der Waals surface area contributed by atoms with Gasteiger partial charge >= 0.3 is 0 Å². The number of aromatic nitrogens is 1. The summed E-state index contributed by atoms with van der Waals surface area (Å²) in [5, 5.41) is 3.60. The molecule has 0 amide bonds. The molecule has 1 heterocycles. The van der Waals surface area contributed by atoms with Crippen molar-refractivity contribution < 1.29 is 13.3 Å². The third-order valence-corrected chi connectivity index (χ3v) is 3.37. The van der Waals surface area contributed by atoms with Crippen LogP contribution in [0.25, 0.3) is 0 Å². The van der Waals surface area contributed by atoms with E-state index in [1.807, 2.05) is 0 Å². The lowest BCUT2D eigenvalue weighted by Gasteiger charge is -2.07. The Morgan fingerprint density at radius 2 is 2.11 bits per heavy atom. The molecule has 0 unspecified atom stereocenters.